The van der Waals surface area contributed by atoms with Crippen molar-refractivity contribution in [2.75, 3.05) is 0 Å². The van der Waals surface area contributed by atoms with Gasteiger partial charge in [-0.25, -0.2) is 4.98 Å². The van der Waals surface area contributed by atoms with Gasteiger partial charge in [0.2, 0.25) is 0 Å². The van der Waals surface area contributed by atoms with E-state index in [1.165, 1.54) is 0 Å². The Morgan fingerprint density at radius 2 is 1.94 bits per heavy atom. The molecule has 0 fully saturated rings. The number of hydrogen-bond acceptors (Lipinski definition) is 3. The molecule has 0 aliphatic rings. The molecule has 4 heteroatoms. The van der Waals surface area contributed by atoms with Gasteiger partial charge in [-0.2, -0.15) is 0 Å². The van der Waals surface area contributed by atoms with Gasteiger partial charge in [0, 0.05) is 23.7 Å². The summed E-state index contributed by atoms with van der Waals surface area (Å²) in [6, 6.07) is 2.10. The molecule has 2 atom stereocenters. The molecule has 2 N–H and O–H groups in total. The summed E-state index contributed by atoms with van der Waals surface area (Å²) in [6.45, 7) is 10.7. The minimum atomic E-state index is -0.0193. The van der Waals surface area contributed by atoms with Crippen molar-refractivity contribution in [1.82, 2.24) is 14.5 Å². The average Bonchev–Trinajstić information content (AvgIpc) is 2.66. The van der Waals surface area contributed by atoms with Crippen LogP contribution in [-0.4, -0.2) is 20.6 Å². The SMILES string of the molecule is CC(N)C(C)c1nc2cnccc2n1C(C)(C)C. The number of hydrogen-bond donors (Lipinski definition) is 1. The molecule has 0 saturated carbocycles. The molecule has 2 heterocycles. The summed E-state index contributed by atoms with van der Waals surface area (Å²) >= 11 is 0. The Balaban J connectivity index is 2.72. The third-order valence-corrected chi connectivity index (χ3v) is 3.35. The van der Waals surface area contributed by atoms with Crippen LogP contribution >= 0.6 is 0 Å². The van der Waals surface area contributed by atoms with Gasteiger partial charge in [-0.3, -0.25) is 4.98 Å². The molecule has 0 aliphatic heterocycles. The lowest BCUT2D eigenvalue weighted by atomic mass is 10.0. The summed E-state index contributed by atoms with van der Waals surface area (Å²) in [5.41, 5.74) is 8.08. The topological polar surface area (TPSA) is 56.7 Å². The minimum absolute atomic E-state index is 0.0193. The highest BCUT2D eigenvalue weighted by molar-refractivity contribution is 5.75. The molecule has 4 nitrogen and oxygen atoms in total. The number of imidazole rings is 1. The van der Waals surface area contributed by atoms with Gasteiger partial charge in [-0.1, -0.05) is 6.92 Å². The Morgan fingerprint density at radius 1 is 1.28 bits per heavy atom. The van der Waals surface area contributed by atoms with E-state index in [1.54, 1.807) is 0 Å². The number of fused-ring (bicyclic) bond motifs is 1. The van der Waals surface area contributed by atoms with E-state index >= 15 is 0 Å². The standard InChI is InChI=1S/C14H22N4/c1-9(10(2)15)13-17-11-8-16-7-6-12(11)18(13)14(3,4)5/h6-10H,15H2,1-5H3. The zero-order valence-corrected chi connectivity index (χ0v) is 11.8. The molecule has 0 aliphatic carbocycles. The second-order valence-corrected chi connectivity index (χ2v) is 5.99. The van der Waals surface area contributed by atoms with Crippen LogP contribution in [0.2, 0.25) is 0 Å². The maximum Gasteiger partial charge on any atom is 0.114 e. The quantitative estimate of drug-likeness (QED) is 0.886. The lowest BCUT2D eigenvalue weighted by Gasteiger charge is -2.27. The predicted molar refractivity (Wildman–Crippen MR) is 74.6 cm³/mol. The molecule has 0 amide bonds. The smallest absolute Gasteiger partial charge is 0.114 e. The average molecular weight is 246 g/mol. The van der Waals surface area contributed by atoms with E-state index in [0.717, 1.165) is 16.9 Å². The van der Waals surface area contributed by atoms with Crippen LogP contribution in [0.25, 0.3) is 11.0 Å². The van der Waals surface area contributed by atoms with Gasteiger partial charge in [0.15, 0.2) is 0 Å². The van der Waals surface area contributed by atoms with Crippen LogP contribution in [-0.2, 0) is 5.54 Å². The van der Waals surface area contributed by atoms with Crippen molar-refractivity contribution < 1.29 is 0 Å². The normalized spacial score (nSPS) is 15.9. The molecule has 2 rings (SSSR count). The van der Waals surface area contributed by atoms with Crippen molar-refractivity contribution in [3.63, 3.8) is 0 Å². The molecule has 0 bridgehead atoms. The zero-order chi connectivity index (χ0) is 13.5. The van der Waals surface area contributed by atoms with E-state index in [1.807, 2.05) is 25.4 Å². The van der Waals surface area contributed by atoms with Gasteiger partial charge in [-0.05, 0) is 33.8 Å². The van der Waals surface area contributed by atoms with Gasteiger partial charge in [-0.15, -0.1) is 0 Å². The van der Waals surface area contributed by atoms with Crippen molar-refractivity contribution in [2.24, 2.45) is 5.73 Å². The summed E-state index contributed by atoms with van der Waals surface area (Å²) < 4.78 is 2.28. The van der Waals surface area contributed by atoms with Crippen molar-refractivity contribution in [2.45, 2.75) is 52.1 Å². The molecule has 18 heavy (non-hydrogen) atoms. The molecule has 2 aromatic heterocycles. The van der Waals surface area contributed by atoms with Crippen LogP contribution in [0.15, 0.2) is 18.5 Å². The van der Waals surface area contributed by atoms with E-state index in [0.29, 0.717) is 0 Å². The summed E-state index contributed by atoms with van der Waals surface area (Å²) in [6.07, 6.45) is 3.63. The minimum Gasteiger partial charge on any atom is -0.327 e. The molecule has 0 spiro atoms. The summed E-state index contributed by atoms with van der Waals surface area (Å²) in [5, 5.41) is 0. The Hall–Kier alpha value is -1.42. The lowest BCUT2D eigenvalue weighted by molar-refractivity contribution is 0.378. The fraction of sp³-hybridized carbons (Fsp3) is 0.571. The molecule has 98 valence electrons. The number of rotatable bonds is 2. The molecule has 0 saturated heterocycles. The van der Waals surface area contributed by atoms with E-state index in [4.69, 9.17) is 10.7 Å². The van der Waals surface area contributed by atoms with Gasteiger partial charge in [0.25, 0.3) is 0 Å². The third kappa shape index (κ3) is 2.12. The van der Waals surface area contributed by atoms with Crippen LogP contribution in [0.5, 0.6) is 0 Å². The van der Waals surface area contributed by atoms with Crippen molar-refractivity contribution in [1.29, 1.82) is 0 Å². The van der Waals surface area contributed by atoms with Gasteiger partial charge < -0.3 is 10.3 Å². The number of nitrogens with two attached hydrogens (primary N) is 1. The van der Waals surface area contributed by atoms with E-state index in [-0.39, 0.29) is 17.5 Å². The second-order valence-electron chi connectivity index (χ2n) is 5.99. The first-order valence-electron chi connectivity index (χ1n) is 6.41. The van der Waals surface area contributed by atoms with Crippen molar-refractivity contribution in [3.05, 3.63) is 24.3 Å². The first-order valence-corrected chi connectivity index (χ1v) is 6.41. The zero-order valence-electron chi connectivity index (χ0n) is 11.8. The van der Waals surface area contributed by atoms with Crippen molar-refractivity contribution >= 4 is 11.0 Å². The van der Waals surface area contributed by atoms with Crippen LogP contribution in [0, 0.1) is 0 Å². The molecule has 2 unspecified atom stereocenters. The van der Waals surface area contributed by atoms with Crippen LogP contribution in [0.1, 0.15) is 46.4 Å². The van der Waals surface area contributed by atoms with Crippen LogP contribution in [0.3, 0.4) is 0 Å². The fourth-order valence-corrected chi connectivity index (χ4v) is 2.20. The van der Waals surface area contributed by atoms with E-state index in [2.05, 4.69) is 37.2 Å². The van der Waals surface area contributed by atoms with Gasteiger partial charge in [0.1, 0.15) is 11.3 Å². The Labute approximate surface area is 108 Å². The van der Waals surface area contributed by atoms with E-state index < -0.39 is 0 Å². The largest absolute Gasteiger partial charge is 0.327 e. The molecular formula is C14H22N4. The maximum absolute atomic E-state index is 6.03. The number of aromatic nitrogens is 3. The second kappa shape index (κ2) is 4.35. The Kier molecular flexibility index (Phi) is 3.15. The first-order chi connectivity index (χ1) is 8.32. The number of nitrogens with zero attached hydrogens (tertiary/aromatic N) is 3. The van der Waals surface area contributed by atoms with Gasteiger partial charge >= 0.3 is 0 Å². The van der Waals surface area contributed by atoms with Crippen molar-refractivity contribution in [3.8, 4) is 0 Å². The van der Waals surface area contributed by atoms with E-state index in [9.17, 15) is 0 Å². The number of pyridine rings is 1. The monoisotopic (exact) mass is 246 g/mol. The lowest BCUT2D eigenvalue weighted by Crippen LogP contribution is -2.30. The highest BCUT2D eigenvalue weighted by Gasteiger charge is 2.25. The molecule has 0 radical (unpaired) electrons. The molecule has 2 aromatic rings. The summed E-state index contributed by atoms with van der Waals surface area (Å²) in [4.78, 5) is 8.87. The van der Waals surface area contributed by atoms with Gasteiger partial charge in [0.05, 0.1) is 11.7 Å². The van der Waals surface area contributed by atoms with Crippen LogP contribution < -0.4 is 5.73 Å². The Morgan fingerprint density at radius 3 is 2.50 bits per heavy atom. The third-order valence-electron chi connectivity index (χ3n) is 3.35. The summed E-state index contributed by atoms with van der Waals surface area (Å²) in [7, 11) is 0. The van der Waals surface area contributed by atoms with Crippen LogP contribution in [0.4, 0.5) is 0 Å². The highest BCUT2D eigenvalue weighted by atomic mass is 15.1. The molecule has 0 aromatic carbocycles. The summed E-state index contributed by atoms with van der Waals surface area (Å²) in [5.74, 6) is 1.26. The molecular weight excluding hydrogens is 224 g/mol. The first kappa shape index (κ1) is 13.0. The predicted octanol–water partition coefficient (Wildman–Crippen LogP) is 2.64. The Bertz CT molecular complexity index is 548. The highest BCUT2D eigenvalue weighted by Crippen LogP contribution is 2.29. The maximum atomic E-state index is 6.03. The fourth-order valence-electron chi connectivity index (χ4n) is 2.20.